The Bertz CT molecular complexity index is 620. The fourth-order valence-electron chi connectivity index (χ4n) is 2.10. The fraction of sp³-hybridized carbons (Fsp3) is 0.278. The van der Waals surface area contributed by atoms with Crippen LogP contribution in [0, 0.1) is 0 Å². The van der Waals surface area contributed by atoms with Gasteiger partial charge in [-0.25, -0.2) is 0 Å². The topological polar surface area (TPSA) is 76.0 Å². The number of phenols is 1. The minimum absolute atomic E-state index is 0.0351. The van der Waals surface area contributed by atoms with Crippen LogP contribution in [-0.2, 0) is 6.42 Å². The summed E-state index contributed by atoms with van der Waals surface area (Å²) in [6, 6.07) is 11.8. The van der Waals surface area contributed by atoms with E-state index in [1.54, 1.807) is 32.4 Å². The van der Waals surface area contributed by atoms with Gasteiger partial charge >= 0.3 is 0 Å². The van der Waals surface area contributed by atoms with Crippen molar-refractivity contribution >= 4 is 5.78 Å². The number of aliphatic hydroxyl groups excluding tert-OH is 1. The number of carbonyl (C=O) groups is 1. The molecule has 5 heteroatoms. The first-order chi connectivity index (χ1) is 11.1. The largest absolute Gasteiger partial charge is 0.508 e. The highest BCUT2D eigenvalue weighted by Crippen LogP contribution is 2.26. The molecule has 0 aromatic heterocycles. The van der Waals surface area contributed by atoms with Gasteiger partial charge in [-0.15, -0.1) is 0 Å². The highest BCUT2D eigenvalue weighted by atomic mass is 16.5. The van der Waals surface area contributed by atoms with Crippen molar-refractivity contribution in [2.24, 2.45) is 0 Å². The third-order valence-electron chi connectivity index (χ3n) is 3.30. The van der Waals surface area contributed by atoms with Crippen LogP contribution < -0.4 is 9.47 Å². The number of aromatic hydroxyl groups is 1. The molecular formula is C18H22O5. The summed E-state index contributed by atoms with van der Waals surface area (Å²) < 4.78 is 10.5. The van der Waals surface area contributed by atoms with Crippen molar-refractivity contribution in [3.8, 4) is 17.2 Å². The molecule has 0 aliphatic rings. The summed E-state index contributed by atoms with van der Waals surface area (Å²) >= 11 is 0. The van der Waals surface area contributed by atoms with Crippen LogP contribution in [0.3, 0.4) is 0 Å². The molecule has 0 bridgehead atoms. The Morgan fingerprint density at radius 3 is 2.22 bits per heavy atom. The SMILES string of the molecule is CO.COc1ccc(CCC(=O)c2ccc(O)cc2)c(OC)c1. The Labute approximate surface area is 136 Å². The Morgan fingerprint density at radius 1 is 1.00 bits per heavy atom. The van der Waals surface area contributed by atoms with Crippen LogP contribution in [0.15, 0.2) is 42.5 Å². The first-order valence-corrected chi connectivity index (χ1v) is 7.12. The van der Waals surface area contributed by atoms with Crippen molar-refractivity contribution in [2.75, 3.05) is 21.3 Å². The number of methoxy groups -OCH3 is 2. The molecule has 0 saturated heterocycles. The van der Waals surface area contributed by atoms with Crippen LogP contribution in [0.2, 0.25) is 0 Å². The lowest BCUT2D eigenvalue weighted by Gasteiger charge is -2.10. The zero-order valence-electron chi connectivity index (χ0n) is 13.6. The van der Waals surface area contributed by atoms with E-state index in [0.717, 1.165) is 18.4 Å². The van der Waals surface area contributed by atoms with Gasteiger partial charge in [0, 0.05) is 25.2 Å². The molecule has 2 rings (SSSR count). The quantitative estimate of drug-likeness (QED) is 0.801. The summed E-state index contributed by atoms with van der Waals surface area (Å²) in [7, 11) is 4.20. The highest BCUT2D eigenvalue weighted by Gasteiger charge is 2.10. The Kier molecular flexibility index (Phi) is 7.63. The number of hydrogen-bond acceptors (Lipinski definition) is 5. The monoisotopic (exact) mass is 318 g/mol. The summed E-state index contributed by atoms with van der Waals surface area (Å²) in [5.74, 6) is 1.63. The lowest BCUT2D eigenvalue weighted by atomic mass is 10.0. The van der Waals surface area contributed by atoms with Crippen molar-refractivity contribution in [3.05, 3.63) is 53.6 Å². The summed E-state index contributed by atoms with van der Waals surface area (Å²) in [5.41, 5.74) is 1.56. The van der Waals surface area contributed by atoms with E-state index in [0.29, 0.717) is 24.2 Å². The smallest absolute Gasteiger partial charge is 0.163 e. The summed E-state index contributed by atoms with van der Waals surface area (Å²) in [6.45, 7) is 0. The van der Waals surface area contributed by atoms with Gasteiger partial charge in [0.2, 0.25) is 0 Å². The van der Waals surface area contributed by atoms with E-state index in [-0.39, 0.29) is 11.5 Å². The second-order valence-corrected chi connectivity index (χ2v) is 4.65. The summed E-state index contributed by atoms with van der Waals surface area (Å²) in [6.07, 6.45) is 0.973. The predicted octanol–water partition coefficient (Wildman–Crippen LogP) is 2.83. The maximum Gasteiger partial charge on any atom is 0.163 e. The number of carbonyl (C=O) groups excluding carboxylic acids is 1. The van der Waals surface area contributed by atoms with E-state index < -0.39 is 0 Å². The zero-order valence-corrected chi connectivity index (χ0v) is 13.6. The van der Waals surface area contributed by atoms with Crippen molar-refractivity contribution in [1.82, 2.24) is 0 Å². The number of Topliss-reactive ketones (excluding diaryl/α,β-unsaturated/α-hetero) is 1. The molecule has 0 heterocycles. The molecule has 5 nitrogen and oxygen atoms in total. The molecule has 0 atom stereocenters. The standard InChI is InChI=1S/C17H18O4.CH4O/c1-20-15-9-5-13(17(11-15)21-2)6-10-16(19)12-3-7-14(18)8-4-12;1-2/h3-5,7-9,11,18H,6,10H2,1-2H3;2H,1H3. The average molecular weight is 318 g/mol. The Morgan fingerprint density at radius 2 is 1.65 bits per heavy atom. The first-order valence-electron chi connectivity index (χ1n) is 7.12. The van der Waals surface area contributed by atoms with Crippen molar-refractivity contribution < 1.29 is 24.5 Å². The van der Waals surface area contributed by atoms with Crippen molar-refractivity contribution in [1.29, 1.82) is 0 Å². The lowest BCUT2D eigenvalue weighted by molar-refractivity contribution is 0.0982. The summed E-state index contributed by atoms with van der Waals surface area (Å²) in [4.78, 5) is 12.1. The van der Waals surface area contributed by atoms with Crippen LogP contribution in [0.1, 0.15) is 22.3 Å². The fourth-order valence-corrected chi connectivity index (χ4v) is 2.10. The van der Waals surface area contributed by atoms with Gasteiger partial charge in [0.05, 0.1) is 14.2 Å². The third-order valence-corrected chi connectivity index (χ3v) is 3.30. The minimum Gasteiger partial charge on any atom is -0.508 e. The van der Waals surface area contributed by atoms with E-state index in [1.165, 1.54) is 12.1 Å². The van der Waals surface area contributed by atoms with Gasteiger partial charge in [-0.2, -0.15) is 0 Å². The molecule has 2 aromatic rings. The van der Waals surface area contributed by atoms with Gasteiger partial charge in [0.15, 0.2) is 5.78 Å². The Hall–Kier alpha value is -2.53. The van der Waals surface area contributed by atoms with Gasteiger partial charge in [-0.05, 0) is 42.3 Å². The van der Waals surface area contributed by atoms with Gasteiger partial charge < -0.3 is 19.7 Å². The number of aliphatic hydroxyl groups is 1. The normalized spacial score (nSPS) is 9.57. The molecular weight excluding hydrogens is 296 g/mol. The Balaban J connectivity index is 0.00000127. The second-order valence-electron chi connectivity index (χ2n) is 4.65. The van der Waals surface area contributed by atoms with Crippen molar-refractivity contribution in [3.63, 3.8) is 0 Å². The number of hydrogen-bond donors (Lipinski definition) is 2. The minimum atomic E-state index is 0.0351. The first kappa shape index (κ1) is 18.5. The molecule has 23 heavy (non-hydrogen) atoms. The molecule has 0 amide bonds. The molecule has 0 spiro atoms. The summed E-state index contributed by atoms with van der Waals surface area (Å²) in [5, 5.41) is 16.2. The van der Waals surface area contributed by atoms with E-state index >= 15 is 0 Å². The number of benzene rings is 2. The van der Waals surface area contributed by atoms with Crippen LogP contribution >= 0.6 is 0 Å². The van der Waals surface area contributed by atoms with E-state index in [4.69, 9.17) is 14.6 Å². The maximum atomic E-state index is 12.1. The van der Waals surface area contributed by atoms with Crippen LogP contribution in [0.25, 0.3) is 0 Å². The van der Waals surface area contributed by atoms with Crippen LogP contribution in [-0.4, -0.2) is 37.3 Å². The highest BCUT2D eigenvalue weighted by molar-refractivity contribution is 5.96. The predicted molar refractivity (Wildman–Crippen MR) is 88.4 cm³/mol. The number of aryl methyl sites for hydroxylation is 1. The number of ether oxygens (including phenoxy) is 2. The van der Waals surface area contributed by atoms with Gasteiger partial charge in [-0.1, -0.05) is 6.07 Å². The third kappa shape index (κ3) is 5.30. The molecule has 0 aliphatic heterocycles. The second kappa shape index (κ2) is 9.48. The van der Waals surface area contributed by atoms with E-state index in [1.807, 2.05) is 12.1 Å². The van der Waals surface area contributed by atoms with Gasteiger partial charge in [0.25, 0.3) is 0 Å². The molecule has 2 aromatic carbocycles. The van der Waals surface area contributed by atoms with E-state index in [9.17, 15) is 9.90 Å². The van der Waals surface area contributed by atoms with Gasteiger partial charge in [-0.3, -0.25) is 4.79 Å². The number of rotatable bonds is 6. The number of ketones is 1. The molecule has 0 radical (unpaired) electrons. The van der Waals surface area contributed by atoms with Crippen LogP contribution in [0.5, 0.6) is 17.2 Å². The molecule has 0 aliphatic carbocycles. The maximum absolute atomic E-state index is 12.1. The van der Waals surface area contributed by atoms with Crippen LogP contribution in [0.4, 0.5) is 0 Å². The molecule has 0 fully saturated rings. The van der Waals surface area contributed by atoms with Gasteiger partial charge in [0.1, 0.15) is 17.2 Å². The molecule has 0 saturated carbocycles. The zero-order chi connectivity index (χ0) is 17.2. The van der Waals surface area contributed by atoms with Crippen molar-refractivity contribution in [2.45, 2.75) is 12.8 Å². The number of phenolic OH excluding ortho intramolecular Hbond substituents is 1. The molecule has 0 unspecified atom stereocenters. The van der Waals surface area contributed by atoms with E-state index in [2.05, 4.69) is 0 Å². The lowest BCUT2D eigenvalue weighted by Crippen LogP contribution is -2.02. The average Bonchev–Trinajstić information content (AvgIpc) is 2.61. The molecule has 2 N–H and O–H groups in total. The molecule has 124 valence electrons.